The number of nitrogens with one attached hydrogen (secondary N) is 3. The van der Waals surface area contributed by atoms with Crippen LogP contribution in [0.5, 0.6) is 0 Å². The summed E-state index contributed by atoms with van der Waals surface area (Å²) in [4.78, 5) is 34.1. The van der Waals surface area contributed by atoms with Crippen LogP contribution >= 0.6 is 0 Å². The van der Waals surface area contributed by atoms with E-state index < -0.39 is 12.1 Å². The van der Waals surface area contributed by atoms with E-state index in [9.17, 15) is 14.4 Å². The van der Waals surface area contributed by atoms with Crippen LogP contribution in [0, 0.1) is 5.92 Å². The number of hydrogen-bond donors (Lipinski definition) is 4. The van der Waals surface area contributed by atoms with Crippen molar-refractivity contribution in [1.82, 2.24) is 16.0 Å². The van der Waals surface area contributed by atoms with Crippen LogP contribution in [0.15, 0.2) is 0 Å². The van der Waals surface area contributed by atoms with Gasteiger partial charge in [0.05, 0.1) is 6.04 Å². The lowest BCUT2D eigenvalue weighted by molar-refractivity contribution is -0.124. The minimum Gasteiger partial charge on any atom is -0.369 e. The van der Waals surface area contributed by atoms with Crippen molar-refractivity contribution < 1.29 is 14.4 Å². The predicted octanol–water partition coefficient (Wildman–Crippen LogP) is -0.146. The number of nitrogens with two attached hydrogens (primary N) is 1. The van der Waals surface area contributed by atoms with Gasteiger partial charge in [-0.25, -0.2) is 4.79 Å². The minimum atomic E-state index is -0.483. The number of hydrogen-bond acceptors (Lipinski definition) is 4. The average molecular weight is 284 g/mol. The van der Waals surface area contributed by atoms with E-state index in [1.54, 1.807) is 13.8 Å². The first-order valence-corrected chi connectivity index (χ1v) is 7.08. The maximum absolute atomic E-state index is 11.8. The quantitative estimate of drug-likeness (QED) is 0.562. The van der Waals surface area contributed by atoms with Gasteiger partial charge in [0.15, 0.2) is 0 Å². The number of urea groups is 1. The highest BCUT2D eigenvalue weighted by Crippen LogP contribution is 2.24. The third-order valence-corrected chi connectivity index (χ3v) is 3.58. The fraction of sp³-hybridized carbons (Fsp3) is 0.769. The fourth-order valence-electron chi connectivity index (χ4n) is 2.40. The fourth-order valence-corrected chi connectivity index (χ4v) is 2.40. The van der Waals surface area contributed by atoms with E-state index >= 15 is 0 Å². The molecule has 1 unspecified atom stereocenters. The van der Waals surface area contributed by atoms with Gasteiger partial charge >= 0.3 is 6.03 Å². The molecule has 0 heterocycles. The summed E-state index contributed by atoms with van der Waals surface area (Å²) in [5.74, 6) is -0.647. The van der Waals surface area contributed by atoms with Crippen LogP contribution in [0.4, 0.5) is 4.79 Å². The van der Waals surface area contributed by atoms with Crippen LogP contribution in [0.3, 0.4) is 0 Å². The molecule has 0 aromatic heterocycles. The number of primary amides is 1. The molecule has 1 atom stereocenters. The molecule has 0 aromatic rings. The summed E-state index contributed by atoms with van der Waals surface area (Å²) < 4.78 is 0. The van der Waals surface area contributed by atoms with Crippen LogP contribution in [0.25, 0.3) is 0 Å². The number of carbonyl (C=O) groups is 3. The molecule has 1 aliphatic rings. The van der Waals surface area contributed by atoms with Gasteiger partial charge in [-0.15, -0.1) is 0 Å². The van der Waals surface area contributed by atoms with Crippen molar-refractivity contribution in [1.29, 1.82) is 0 Å². The summed E-state index contributed by atoms with van der Waals surface area (Å²) in [5, 5.41) is 7.96. The third-order valence-electron chi connectivity index (χ3n) is 3.58. The van der Waals surface area contributed by atoms with E-state index in [-0.39, 0.29) is 23.8 Å². The zero-order valence-electron chi connectivity index (χ0n) is 12.1. The highest BCUT2D eigenvalue weighted by molar-refractivity contribution is 5.96. The van der Waals surface area contributed by atoms with E-state index in [4.69, 9.17) is 5.73 Å². The Kier molecular flexibility index (Phi) is 6.44. The molecule has 0 spiro atoms. The van der Waals surface area contributed by atoms with Crippen molar-refractivity contribution in [3.05, 3.63) is 0 Å². The number of rotatable bonds is 5. The summed E-state index contributed by atoms with van der Waals surface area (Å²) in [6.07, 6.45) is 3.12. The number of carbonyl (C=O) groups excluding carboxylic acids is 3. The van der Waals surface area contributed by atoms with Crippen molar-refractivity contribution in [2.75, 3.05) is 6.54 Å². The Morgan fingerprint density at radius 2 is 1.80 bits per heavy atom. The largest absolute Gasteiger partial charge is 0.369 e. The lowest BCUT2D eigenvalue weighted by Gasteiger charge is -2.29. The maximum atomic E-state index is 11.8. The Hall–Kier alpha value is -1.63. The van der Waals surface area contributed by atoms with Gasteiger partial charge in [-0.2, -0.15) is 0 Å². The topological polar surface area (TPSA) is 113 Å². The molecule has 1 rings (SSSR count). The summed E-state index contributed by atoms with van der Waals surface area (Å²) >= 11 is 0. The standard InChI is InChI=1S/C13H24N4O3/c1-3-15-13(20)17-12(19)8(2)16-10-6-4-9(5-7-10)11(14)18/h8-10,16H,3-7H2,1-2H3,(H2,14,18)(H2,15,17,19,20). The second-order valence-corrected chi connectivity index (χ2v) is 5.19. The molecule has 1 aliphatic carbocycles. The first-order valence-electron chi connectivity index (χ1n) is 7.08. The zero-order chi connectivity index (χ0) is 15.1. The monoisotopic (exact) mass is 284 g/mol. The van der Waals surface area contributed by atoms with Gasteiger partial charge < -0.3 is 16.4 Å². The second kappa shape index (κ2) is 7.84. The molecule has 4 amide bonds. The predicted molar refractivity (Wildman–Crippen MR) is 74.8 cm³/mol. The zero-order valence-corrected chi connectivity index (χ0v) is 12.1. The van der Waals surface area contributed by atoms with Crippen molar-refractivity contribution in [3.63, 3.8) is 0 Å². The Morgan fingerprint density at radius 1 is 1.20 bits per heavy atom. The van der Waals surface area contributed by atoms with Gasteiger partial charge in [0.2, 0.25) is 11.8 Å². The van der Waals surface area contributed by atoms with Gasteiger partial charge in [0.1, 0.15) is 0 Å². The Bertz CT molecular complexity index is 365. The van der Waals surface area contributed by atoms with E-state index in [2.05, 4.69) is 16.0 Å². The van der Waals surface area contributed by atoms with Crippen LogP contribution in [0.1, 0.15) is 39.5 Å². The van der Waals surface area contributed by atoms with Gasteiger partial charge in [0, 0.05) is 18.5 Å². The summed E-state index contributed by atoms with van der Waals surface area (Å²) in [7, 11) is 0. The highest BCUT2D eigenvalue weighted by atomic mass is 16.2. The molecular weight excluding hydrogens is 260 g/mol. The van der Waals surface area contributed by atoms with Crippen molar-refractivity contribution in [2.24, 2.45) is 11.7 Å². The molecule has 20 heavy (non-hydrogen) atoms. The molecule has 0 aromatic carbocycles. The highest BCUT2D eigenvalue weighted by Gasteiger charge is 2.26. The normalized spacial score (nSPS) is 23.7. The van der Waals surface area contributed by atoms with Gasteiger partial charge in [0.25, 0.3) is 0 Å². The molecule has 114 valence electrons. The molecule has 0 aliphatic heterocycles. The molecule has 0 bridgehead atoms. The van der Waals surface area contributed by atoms with E-state index in [1.165, 1.54) is 0 Å². The number of imide groups is 1. The summed E-state index contributed by atoms with van der Waals surface area (Å²) in [6, 6.07) is -0.753. The van der Waals surface area contributed by atoms with Crippen molar-refractivity contribution >= 4 is 17.8 Å². The maximum Gasteiger partial charge on any atom is 0.321 e. The molecule has 0 saturated heterocycles. The van der Waals surface area contributed by atoms with Crippen LogP contribution in [-0.2, 0) is 9.59 Å². The average Bonchev–Trinajstić information content (AvgIpc) is 2.39. The van der Waals surface area contributed by atoms with Crippen LogP contribution in [0.2, 0.25) is 0 Å². The molecule has 5 N–H and O–H groups in total. The Labute approximate surface area is 119 Å². The van der Waals surface area contributed by atoms with Crippen molar-refractivity contribution in [3.8, 4) is 0 Å². The smallest absolute Gasteiger partial charge is 0.321 e. The number of amides is 4. The summed E-state index contributed by atoms with van der Waals surface area (Å²) in [6.45, 7) is 3.97. The van der Waals surface area contributed by atoms with Gasteiger partial charge in [-0.3, -0.25) is 14.9 Å². The van der Waals surface area contributed by atoms with Crippen molar-refractivity contribution in [2.45, 2.75) is 51.6 Å². The molecule has 1 saturated carbocycles. The van der Waals surface area contributed by atoms with Crippen LogP contribution in [-0.4, -0.2) is 36.5 Å². The molecule has 1 fully saturated rings. The summed E-state index contributed by atoms with van der Waals surface area (Å²) in [5.41, 5.74) is 5.28. The molecule has 0 radical (unpaired) electrons. The van der Waals surface area contributed by atoms with E-state index in [0.29, 0.717) is 6.54 Å². The van der Waals surface area contributed by atoms with E-state index in [1.807, 2.05) is 0 Å². The van der Waals surface area contributed by atoms with Gasteiger partial charge in [-0.1, -0.05) is 0 Å². The minimum absolute atomic E-state index is 0.0486. The Morgan fingerprint density at radius 3 is 2.30 bits per heavy atom. The lowest BCUT2D eigenvalue weighted by atomic mass is 9.85. The SMILES string of the molecule is CCNC(=O)NC(=O)C(C)NC1CCC(C(N)=O)CC1. The second-order valence-electron chi connectivity index (χ2n) is 5.19. The first kappa shape index (κ1) is 16.4. The van der Waals surface area contributed by atoms with E-state index in [0.717, 1.165) is 25.7 Å². The molecular formula is C13H24N4O3. The third kappa shape index (κ3) is 5.16. The first-order chi connectivity index (χ1) is 9.43. The molecule has 7 heteroatoms. The molecule has 7 nitrogen and oxygen atoms in total. The van der Waals surface area contributed by atoms with Gasteiger partial charge in [-0.05, 0) is 39.5 Å². The lowest BCUT2D eigenvalue weighted by Crippen LogP contribution is -2.51. The van der Waals surface area contributed by atoms with Crippen LogP contribution < -0.4 is 21.7 Å². The Balaban J connectivity index is 2.32.